The van der Waals surface area contributed by atoms with E-state index in [1.807, 2.05) is 18.5 Å². The molecule has 0 aliphatic rings. The Morgan fingerprint density at radius 1 is 1.61 bits per heavy atom. The average molecular weight is 264 g/mol. The van der Waals surface area contributed by atoms with Crippen LogP contribution in [0.5, 0.6) is 0 Å². The van der Waals surface area contributed by atoms with Crippen LogP contribution in [0.1, 0.15) is 27.3 Å². The van der Waals surface area contributed by atoms with Crippen LogP contribution < -0.4 is 11.1 Å². The van der Waals surface area contributed by atoms with E-state index in [9.17, 15) is 4.79 Å². The van der Waals surface area contributed by atoms with Crippen molar-refractivity contribution in [3.8, 4) is 0 Å². The van der Waals surface area contributed by atoms with E-state index in [0.29, 0.717) is 17.1 Å². The number of nitrogen functional groups attached to an aromatic ring is 1. The maximum atomic E-state index is 11.8. The molecule has 6 heteroatoms. The van der Waals surface area contributed by atoms with Crippen molar-refractivity contribution in [2.45, 2.75) is 19.8 Å². The van der Waals surface area contributed by atoms with E-state index in [4.69, 9.17) is 5.73 Å². The highest BCUT2D eigenvalue weighted by Crippen LogP contribution is 2.18. The highest BCUT2D eigenvalue weighted by molar-refractivity contribution is 7.12. The Labute approximate surface area is 109 Å². The van der Waals surface area contributed by atoms with Crippen LogP contribution in [0.25, 0.3) is 0 Å². The number of aromatic amines is 1. The first-order valence-electron chi connectivity index (χ1n) is 5.78. The quantitative estimate of drug-likeness (QED) is 0.719. The number of thiophene rings is 1. The number of amides is 1. The second kappa shape index (κ2) is 5.68. The number of aromatic nitrogens is 2. The van der Waals surface area contributed by atoms with Crippen molar-refractivity contribution in [1.29, 1.82) is 0 Å². The van der Waals surface area contributed by atoms with Gasteiger partial charge in [-0.3, -0.25) is 9.89 Å². The monoisotopic (exact) mass is 264 g/mol. The number of H-pyrrole nitrogens is 1. The number of carbonyl (C=O) groups is 1. The Morgan fingerprint density at radius 2 is 2.44 bits per heavy atom. The van der Waals surface area contributed by atoms with Gasteiger partial charge in [-0.1, -0.05) is 0 Å². The highest BCUT2D eigenvalue weighted by atomic mass is 32.1. The zero-order valence-corrected chi connectivity index (χ0v) is 11.0. The Hall–Kier alpha value is -1.82. The molecule has 0 saturated carbocycles. The summed E-state index contributed by atoms with van der Waals surface area (Å²) in [5.41, 5.74) is 8.51. The Balaban J connectivity index is 1.75. The number of nitrogens with two attached hydrogens (primary N) is 1. The molecule has 4 N–H and O–H groups in total. The summed E-state index contributed by atoms with van der Waals surface area (Å²) in [5.74, 6) is -0.0913. The third kappa shape index (κ3) is 2.89. The van der Waals surface area contributed by atoms with Gasteiger partial charge in [0.2, 0.25) is 0 Å². The van der Waals surface area contributed by atoms with Crippen LogP contribution in [0.15, 0.2) is 17.6 Å². The zero-order valence-electron chi connectivity index (χ0n) is 10.2. The van der Waals surface area contributed by atoms with Gasteiger partial charge in [0.1, 0.15) is 4.88 Å². The summed E-state index contributed by atoms with van der Waals surface area (Å²) in [6.07, 6.45) is 3.62. The van der Waals surface area contributed by atoms with E-state index in [-0.39, 0.29) is 5.91 Å². The Morgan fingerprint density at radius 3 is 3.06 bits per heavy atom. The van der Waals surface area contributed by atoms with Gasteiger partial charge in [0.05, 0.1) is 11.9 Å². The first kappa shape index (κ1) is 12.6. The summed E-state index contributed by atoms with van der Waals surface area (Å²) in [6, 6.07) is 1.74. The van der Waals surface area contributed by atoms with Gasteiger partial charge in [0.25, 0.3) is 5.91 Å². The minimum absolute atomic E-state index is 0.0913. The predicted octanol–water partition coefficient (Wildman–Crippen LogP) is 1.72. The molecule has 0 aromatic carbocycles. The molecule has 0 spiro atoms. The summed E-state index contributed by atoms with van der Waals surface area (Å²) in [7, 11) is 0. The molecule has 2 aromatic rings. The van der Waals surface area contributed by atoms with Gasteiger partial charge >= 0.3 is 0 Å². The van der Waals surface area contributed by atoms with Crippen molar-refractivity contribution < 1.29 is 4.79 Å². The van der Waals surface area contributed by atoms with Crippen LogP contribution in [0.3, 0.4) is 0 Å². The fraction of sp³-hybridized carbons (Fsp3) is 0.333. The maximum absolute atomic E-state index is 11.8. The van der Waals surface area contributed by atoms with Crippen molar-refractivity contribution in [2.75, 3.05) is 12.3 Å². The number of carbonyl (C=O) groups excluding carboxylic acids is 1. The average Bonchev–Trinajstić information content (AvgIpc) is 2.94. The Bertz CT molecular complexity index is 532. The van der Waals surface area contributed by atoms with Crippen LogP contribution in [0.4, 0.5) is 5.69 Å². The largest absolute Gasteiger partial charge is 0.397 e. The fourth-order valence-electron chi connectivity index (χ4n) is 1.69. The van der Waals surface area contributed by atoms with Gasteiger partial charge in [-0.2, -0.15) is 5.10 Å². The van der Waals surface area contributed by atoms with Crippen molar-refractivity contribution >= 4 is 22.9 Å². The lowest BCUT2D eigenvalue weighted by Crippen LogP contribution is -2.24. The molecule has 0 aliphatic carbocycles. The van der Waals surface area contributed by atoms with Crippen molar-refractivity contribution in [1.82, 2.24) is 15.5 Å². The second-order valence-corrected chi connectivity index (χ2v) is 5.00. The van der Waals surface area contributed by atoms with E-state index < -0.39 is 0 Å². The summed E-state index contributed by atoms with van der Waals surface area (Å²) < 4.78 is 0. The van der Waals surface area contributed by atoms with Crippen LogP contribution in [0, 0.1) is 6.92 Å². The minimum atomic E-state index is -0.0913. The van der Waals surface area contributed by atoms with E-state index in [0.717, 1.165) is 18.5 Å². The molecule has 1 amide bonds. The molecule has 0 fully saturated rings. The fourth-order valence-corrected chi connectivity index (χ4v) is 2.43. The molecule has 0 unspecified atom stereocenters. The molecule has 0 saturated heterocycles. The molecule has 18 heavy (non-hydrogen) atoms. The normalized spacial score (nSPS) is 10.5. The molecule has 2 heterocycles. The number of hydrogen-bond acceptors (Lipinski definition) is 4. The van der Waals surface area contributed by atoms with Gasteiger partial charge < -0.3 is 11.1 Å². The van der Waals surface area contributed by atoms with Crippen molar-refractivity contribution in [3.63, 3.8) is 0 Å². The summed E-state index contributed by atoms with van der Waals surface area (Å²) in [5, 5.41) is 11.5. The molecule has 0 atom stereocenters. The van der Waals surface area contributed by atoms with E-state index >= 15 is 0 Å². The molecule has 0 bridgehead atoms. The summed E-state index contributed by atoms with van der Waals surface area (Å²) >= 11 is 1.36. The third-order valence-electron chi connectivity index (χ3n) is 2.74. The highest BCUT2D eigenvalue weighted by Gasteiger charge is 2.10. The lowest BCUT2D eigenvalue weighted by molar-refractivity contribution is 0.0958. The van der Waals surface area contributed by atoms with Gasteiger partial charge in [0.15, 0.2) is 0 Å². The summed E-state index contributed by atoms with van der Waals surface area (Å²) in [6.45, 7) is 2.63. The molecule has 96 valence electrons. The maximum Gasteiger partial charge on any atom is 0.263 e. The topological polar surface area (TPSA) is 83.8 Å². The van der Waals surface area contributed by atoms with Crippen LogP contribution >= 0.6 is 11.3 Å². The number of aryl methyl sites for hydroxylation is 2. The Kier molecular flexibility index (Phi) is 3.99. The van der Waals surface area contributed by atoms with E-state index in [1.165, 1.54) is 16.9 Å². The van der Waals surface area contributed by atoms with Crippen LogP contribution in [-0.2, 0) is 6.42 Å². The first-order chi connectivity index (χ1) is 8.68. The number of rotatable bonds is 5. The molecule has 5 nitrogen and oxygen atoms in total. The number of nitrogens with one attached hydrogen (secondary N) is 2. The van der Waals surface area contributed by atoms with Crippen molar-refractivity contribution in [3.05, 3.63) is 33.8 Å². The zero-order chi connectivity index (χ0) is 13.0. The second-order valence-electron chi connectivity index (χ2n) is 4.08. The first-order valence-corrected chi connectivity index (χ1v) is 6.66. The molecule has 0 radical (unpaired) electrons. The number of anilines is 1. The number of hydrogen-bond donors (Lipinski definition) is 3. The van der Waals surface area contributed by atoms with Crippen LogP contribution in [-0.4, -0.2) is 22.6 Å². The smallest absolute Gasteiger partial charge is 0.263 e. The van der Waals surface area contributed by atoms with Gasteiger partial charge in [-0.05, 0) is 36.8 Å². The number of nitrogens with zero attached hydrogens (tertiary/aromatic N) is 1. The molecular formula is C12H16N4OS. The molecule has 2 rings (SSSR count). The predicted molar refractivity (Wildman–Crippen MR) is 72.7 cm³/mol. The standard InChI is InChI=1S/C12H16N4OS/c1-8-9(7-15-16-8)3-2-5-14-12(17)11-10(13)4-6-18-11/h4,6-7H,2-3,5,13H2,1H3,(H,14,17)(H,15,16). The van der Waals surface area contributed by atoms with Gasteiger partial charge in [0, 0.05) is 12.2 Å². The molecular weight excluding hydrogens is 248 g/mol. The lowest BCUT2D eigenvalue weighted by atomic mass is 10.1. The van der Waals surface area contributed by atoms with Crippen molar-refractivity contribution in [2.24, 2.45) is 0 Å². The minimum Gasteiger partial charge on any atom is -0.397 e. The van der Waals surface area contributed by atoms with Gasteiger partial charge in [-0.15, -0.1) is 11.3 Å². The van der Waals surface area contributed by atoms with E-state index in [2.05, 4.69) is 15.5 Å². The third-order valence-corrected chi connectivity index (χ3v) is 3.67. The summed E-state index contributed by atoms with van der Waals surface area (Å²) in [4.78, 5) is 12.3. The molecule has 2 aromatic heterocycles. The van der Waals surface area contributed by atoms with E-state index in [1.54, 1.807) is 6.07 Å². The molecule has 0 aliphatic heterocycles. The van der Waals surface area contributed by atoms with Crippen LogP contribution in [0.2, 0.25) is 0 Å². The SMILES string of the molecule is Cc1[nH]ncc1CCCNC(=O)c1sccc1N. The lowest BCUT2D eigenvalue weighted by Gasteiger charge is -2.04. The van der Waals surface area contributed by atoms with Gasteiger partial charge in [-0.25, -0.2) is 0 Å².